The van der Waals surface area contributed by atoms with Gasteiger partial charge >= 0.3 is 12.1 Å². The summed E-state index contributed by atoms with van der Waals surface area (Å²) >= 11 is 0. The highest BCUT2D eigenvalue weighted by Crippen LogP contribution is 2.44. The summed E-state index contributed by atoms with van der Waals surface area (Å²) in [6, 6.07) is 21.9. The Kier molecular flexibility index (Phi) is 9.97. The van der Waals surface area contributed by atoms with Gasteiger partial charge in [-0.2, -0.15) is 0 Å². The molecule has 0 aromatic heterocycles. The molecule has 3 N–H and O–H groups in total. The summed E-state index contributed by atoms with van der Waals surface area (Å²) in [5.41, 5.74) is 4.94. The molecule has 11 heteroatoms. The maximum absolute atomic E-state index is 13.2. The molecule has 1 aliphatic rings. The van der Waals surface area contributed by atoms with Gasteiger partial charge in [0, 0.05) is 12.2 Å². The number of nitrogens with one attached hydrogen (secondary N) is 2. The standard InChI is InChI=1S/C31H34N2O8S/c1-20(40-18-21-10-4-3-5-11-21)28(30(35)36)33-29(34)27(16-17-42(2,38)39)32-31(37)41-19-26-24-14-8-6-12-22(24)23-13-7-9-15-25(23)26/h3-15,20,26-28H,16-19H2,1-2H3,(H,32,37)(H,33,34)(H,35,36)/t20-,27?,28+/m1/s1. The first-order chi connectivity index (χ1) is 20.0. The second kappa shape index (κ2) is 13.6. The molecule has 0 spiro atoms. The lowest BCUT2D eigenvalue weighted by Crippen LogP contribution is -2.55. The van der Waals surface area contributed by atoms with Crippen LogP contribution in [0.3, 0.4) is 0 Å². The number of fused-ring (bicyclic) bond motifs is 3. The van der Waals surface area contributed by atoms with Gasteiger partial charge in [-0.3, -0.25) is 4.79 Å². The van der Waals surface area contributed by atoms with E-state index < -0.39 is 51.7 Å². The van der Waals surface area contributed by atoms with Gasteiger partial charge in [0.05, 0.1) is 18.5 Å². The zero-order chi connectivity index (χ0) is 30.3. The van der Waals surface area contributed by atoms with Crippen molar-refractivity contribution in [1.82, 2.24) is 10.6 Å². The molecule has 0 bridgehead atoms. The SMILES string of the molecule is C[C@@H](OCc1ccccc1)[C@H](NC(=O)C(CCS(C)(=O)=O)NC(=O)OCC1c2ccccc2-c2ccccc21)C(=O)O. The Morgan fingerprint density at radius 3 is 2.02 bits per heavy atom. The largest absolute Gasteiger partial charge is 0.480 e. The number of hydrogen-bond acceptors (Lipinski definition) is 7. The molecular formula is C31H34N2O8S. The highest BCUT2D eigenvalue weighted by molar-refractivity contribution is 7.90. The molecule has 0 aliphatic heterocycles. The summed E-state index contributed by atoms with van der Waals surface area (Å²) in [6.45, 7) is 1.62. The van der Waals surface area contributed by atoms with Gasteiger partial charge in [0.1, 0.15) is 22.5 Å². The third kappa shape index (κ3) is 7.95. The Balaban J connectivity index is 1.41. The number of carboxylic acids is 1. The molecule has 1 unspecified atom stereocenters. The highest BCUT2D eigenvalue weighted by Gasteiger charge is 2.33. The van der Waals surface area contributed by atoms with Crippen LogP contribution in [0.4, 0.5) is 4.79 Å². The number of amides is 2. The number of carbonyl (C=O) groups is 3. The van der Waals surface area contributed by atoms with Crippen molar-refractivity contribution >= 4 is 27.8 Å². The van der Waals surface area contributed by atoms with Crippen LogP contribution in [0.15, 0.2) is 78.9 Å². The molecule has 1 aliphatic carbocycles. The first kappa shape index (κ1) is 30.7. The number of ether oxygens (including phenoxy) is 2. The summed E-state index contributed by atoms with van der Waals surface area (Å²) in [6.07, 6.45) is -1.13. The van der Waals surface area contributed by atoms with Gasteiger partial charge in [-0.15, -0.1) is 0 Å². The van der Waals surface area contributed by atoms with Crippen LogP contribution in [-0.2, 0) is 35.5 Å². The van der Waals surface area contributed by atoms with Gasteiger partial charge in [-0.05, 0) is 41.2 Å². The number of rotatable bonds is 13. The molecule has 0 fully saturated rings. The molecule has 0 radical (unpaired) electrons. The molecule has 2 amide bonds. The fraction of sp³-hybridized carbons (Fsp3) is 0.323. The summed E-state index contributed by atoms with van der Waals surface area (Å²) in [5.74, 6) is -2.83. The number of benzene rings is 3. The maximum atomic E-state index is 13.2. The van der Waals surface area contributed by atoms with Gasteiger partial charge in [-0.1, -0.05) is 78.9 Å². The monoisotopic (exact) mass is 594 g/mol. The molecule has 0 saturated heterocycles. The summed E-state index contributed by atoms with van der Waals surface area (Å²) in [7, 11) is -3.49. The van der Waals surface area contributed by atoms with E-state index in [4.69, 9.17) is 9.47 Å². The second-order valence-corrected chi connectivity index (χ2v) is 12.5. The molecule has 0 heterocycles. The van der Waals surface area contributed by atoms with E-state index in [0.717, 1.165) is 34.1 Å². The van der Waals surface area contributed by atoms with Crippen molar-refractivity contribution in [2.45, 2.75) is 44.1 Å². The van der Waals surface area contributed by atoms with Crippen LogP contribution in [-0.4, -0.2) is 68.3 Å². The van der Waals surface area contributed by atoms with Crippen molar-refractivity contribution in [3.05, 3.63) is 95.6 Å². The second-order valence-electron chi connectivity index (χ2n) is 10.3. The van der Waals surface area contributed by atoms with E-state index in [1.807, 2.05) is 78.9 Å². The van der Waals surface area contributed by atoms with E-state index in [0.29, 0.717) is 0 Å². The van der Waals surface area contributed by atoms with E-state index in [-0.39, 0.29) is 25.6 Å². The average molecular weight is 595 g/mol. The van der Waals surface area contributed by atoms with Crippen LogP contribution < -0.4 is 10.6 Å². The van der Waals surface area contributed by atoms with Gasteiger partial charge in [0.25, 0.3) is 0 Å². The third-order valence-electron chi connectivity index (χ3n) is 7.12. The fourth-order valence-corrected chi connectivity index (χ4v) is 5.58. The molecule has 42 heavy (non-hydrogen) atoms. The molecule has 10 nitrogen and oxygen atoms in total. The molecule has 4 rings (SSSR count). The lowest BCUT2D eigenvalue weighted by molar-refractivity contribution is -0.146. The van der Waals surface area contributed by atoms with Gasteiger partial charge in [0.2, 0.25) is 5.91 Å². The first-order valence-electron chi connectivity index (χ1n) is 13.5. The highest BCUT2D eigenvalue weighted by atomic mass is 32.2. The summed E-state index contributed by atoms with van der Waals surface area (Å²) in [4.78, 5) is 38.1. The minimum atomic E-state index is -3.49. The predicted octanol–water partition coefficient (Wildman–Crippen LogP) is 3.50. The zero-order valence-corrected chi connectivity index (χ0v) is 24.2. The van der Waals surface area contributed by atoms with Crippen LogP contribution in [0.2, 0.25) is 0 Å². The van der Waals surface area contributed by atoms with Gasteiger partial charge in [-0.25, -0.2) is 18.0 Å². The number of hydrogen-bond donors (Lipinski definition) is 3. The van der Waals surface area contributed by atoms with Crippen LogP contribution in [0.5, 0.6) is 0 Å². The smallest absolute Gasteiger partial charge is 0.407 e. The van der Waals surface area contributed by atoms with E-state index >= 15 is 0 Å². The summed E-state index contributed by atoms with van der Waals surface area (Å²) < 4.78 is 34.9. The predicted molar refractivity (Wildman–Crippen MR) is 157 cm³/mol. The van der Waals surface area contributed by atoms with Crippen LogP contribution in [0.1, 0.15) is 36.0 Å². The normalized spacial score (nSPS) is 14.6. The van der Waals surface area contributed by atoms with Crippen molar-refractivity contribution in [2.24, 2.45) is 0 Å². The van der Waals surface area contributed by atoms with Crippen LogP contribution in [0.25, 0.3) is 11.1 Å². The Hall–Kier alpha value is -4.22. The van der Waals surface area contributed by atoms with E-state index in [2.05, 4.69) is 10.6 Å². The number of carboxylic acid groups (broad SMARTS) is 1. The maximum Gasteiger partial charge on any atom is 0.407 e. The Bertz CT molecular complexity index is 1480. The Labute approximate surface area is 245 Å². The van der Waals surface area contributed by atoms with Crippen molar-refractivity contribution in [2.75, 3.05) is 18.6 Å². The Morgan fingerprint density at radius 2 is 1.45 bits per heavy atom. The molecule has 3 aromatic carbocycles. The number of aliphatic carboxylic acids is 1. The minimum Gasteiger partial charge on any atom is -0.480 e. The average Bonchev–Trinajstić information content (AvgIpc) is 3.29. The third-order valence-corrected chi connectivity index (χ3v) is 8.10. The number of carbonyl (C=O) groups excluding carboxylic acids is 2. The van der Waals surface area contributed by atoms with E-state index in [1.165, 1.54) is 6.92 Å². The lowest BCUT2D eigenvalue weighted by atomic mass is 9.98. The minimum absolute atomic E-state index is 0.0115. The van der Waals surface area contributed by atoms with Gasteiger partial charge in [0.15, 0.2) is 6.04 Å². The molecule has 3 aromatic rings. The zero-order valence-electron chi connectivity index (χ0n) is 23.4. The lowest BCUT2D eigenvalue weighted by Gasteiger charge is -2.25. The van der Waals surface area contributed by atoms with Gasteiger partial charge < -0.3 is 25.2 Å². The van der Waals surface area contributed by atoms with E-state index in [9.17, 15) is 27.9 Å². The number of alkyl carbamates (subject to hydrolysis) is 1. The van der Waals surface area contributed by atoms with E-state index in [1.54, 1.807) is 0 Å². The molecule has 222 valence electrons. The number of sulfone groups is 1. The van der Waals surface area contributed by atoms with Crippen molar-refractivity contribution in [1.29, 1.82) is 0 Å². The molecule has 3 atom stereocenters. The quantitative estimate of drug-likeness (QED) is 0.272. The topological polar surface area (TPSA) is 148 Å². The molecule has 0 saturated carbocycles. The van der Waals surface area contributed by atoms with Crippen molar-refractivity contribution in [3.8, 4) is 11.1 Å². The van der Waals surface area contributed by atoms with Crippen molar-refractivity contribution < 1.29 is 37.4 Å². The van der Waals surface area contributed by atoms with Crippen molar-refractivity contribution in [3.63, 3.8) is 0 Å². The first-order valence-corrected chi connectivity index (χ1v) is 15.6. The fourth-order valence-electron chi connectivity index (χ4n) is 4.91. The summed E-state index contributed by atoms with van der Waals surface area (Å²) in [5, 5.41) is 14.6. The van der Waals surface area contributed by atoms with Crippen LogP contribution in [0, 0.1) is 0 Å². The van der Waals surface area contributed by atoms with Crippen LogP contribution >= 0.6 is 0 Å². The Morgan fingerprint density at radius 1 is 0.881 bits per heavy atom. The molecular weight excluding hydrogens is 560 g/mol.